The molecule has 33 heavy (non-hydrogen) atoms. The van der Waals surface area contributed by atoms with E-state index in [1.807, 2.05) is 28.9 Å². The van der Waals surface area contributed by atoms with E-state index in [4.69, 9.17) is 16.3 Å². The highest BCUT2D eigenvalue weighted by Gasteiger charge is 2.48. The summed E-state index contributed by atoms with van der Waals surface area (Å²) in [5.74, 6) is 1.58. The van der Waals surface area contributed by atoms with Gasteiger partial charge in [-0.3, -0.25) is 0 Å². The number of aromatic nitrogens is 7. The SMILES string of the molecule is CC(C)(C)C(C(Oc1ccc(Cl)cc1)n1cncn1)n1nnnc1C1(NC2CC2)CCCC1. The number of ether oxygens (including phenoxy) is 1. The molecule has 2 unspecified atom stereocenters. The molecule has 0 saturated heterocycles. The van der Waals surface area contributed by atoms with Crippen molar-refractivity contribution in [3.05, 3.63) is 47.8 Å². The highest BCUT2D eigenvalue weighted by atomic mass is 35.5. The molecule has 0 spiro atoms. The lowest BCUT2D eigenvalue weighted by atomic mass is 9.84. The zero-order valence-corrected chi connectivity index (χ0v) is 20.1. The van der Waals surface area contributed by atoms with E-state index in [-0.39, 0.29) is 17.0 Å². The minimum absolute atomic E-state index is 0.207. The van der Waals surface area contributed by atoms with Gasteiger partial charge in [-0.15, -0.1) is 5.10 Å². The first kappa shape index (κ1) is 22.3. The summed E-state index contributed by atoms with van der Waals surface area (Å²) >= 11 is 6.10. The van der Waals surface area contributed by atoms with Crippen LogP contribution in [0.5, 0.6) is 5.75 Å². The van der Waals surface area contributed by atoms with Crippen LogP contribution in [-0.4, -0.2) is 41.0 Å². The first-order valence-corrected chi connectivity index (χ1v) is 12.1. The van der Waals surface area contributed by atoms with E-state index >= 15 is 0 Å². The number of hydrogen-bond acceptors (Lipinski definition) is 7. The van der Waals surface area contributed by atoms with Gasteiger partial charge < -0.3 is 10.1 Å². The summed E-state index contributed by atoms with van der Waals surface area (Å²) in [4.78, 5) is 4.18. The molecule has 10 heteroatoms. The minimum Gasteiger partial charge on any atom is -0.466 e. The molecule has 2 aliphatic rings. The Kier molecular flexibility index (Phi) is 5.86. The Bertz CT molecular complexity index is 1050. The largest absolute Gasteiger partial charge is 0.466 e. The van der Waals surface area contributed by atoms with E-state index in [2.05, 4.69) is 51.7 Å². The Morgan fingerprint density at radius 1 is 1.15 bits per heavy atom. The highest BCUT2D eigenvalue weighted by Crippen LogP contribution is 2.45. The molecule has 0 aliphatic heterocycles. The molecule has 1 N–H and O–H groups in total. The molecule has 2 aliphatic carbocycles. The number of hydrogen-bond donors (Lipinski definition) is 1. The van der Waals surface area contributed by atoms with E-state index in [0.717, 1.165) is 18.7 Å². The maximum absolute atomic E-state index is 6.54. The van der Waals surface area contributed by atoms with Gasteiger partial charge in [0.25, 0.3) is 0 Å². The predicted molar refractivity (Wildman–Crippen MR) is 124 cm³/mol. The Balaban J connectivity index is 1.58. The molecule has 2 saturated carbocycles. The van der Waals surface area contributed by atoms with Crippen LogP contribution in [0.15, 0.2) is 36.9 Å². The second-order valence-electron chi connectivity index (χ2n) is 10.3. The van der Waals surface area contributed by atoms with Crippen LogP contribution in [0.2, 0.25) is 5.02 Å². The zero-order chi connectivity index (χ0) is 23.1. The Morgan fingerprint density at radius 3 is 2.48 bits per heavy atom. The van der Waals surface area contributed by atoms with Crippen molar-refractivity contribution < 1.29 is 4.74 Å². The van der Waals surface area contributed by atoms with E-state index in [1.54, 1.807) is 11.0 Å². The maximum Gasteiger partial charge on any atom is 0.215 e. The first-order valence-electron chi connectivity index (χ1n) is 11.7. The summed E-state index contributed by atoms with van der Waals surface area (Å²) in [7, 11) is 0. The van der Waals surface area contributed by atoms with Crippen LogP contribution in [0.4, 0.5) is 0 Å². The topological polar surface area (TPSA) is 95.6 Å². The summed E-state index contributed by atoms with van der Waals surface area (Å²) in [6.45, 7) is 6.52. The lowest BCUT2D eigenvalue weighted by molar-refractivity contribution is -0.00273. The van der Waals surface area contributed by atoms with Crippen molar-refractivity contribution in [3.8, 4) is 5.75 Å². The van der Waals surface area contributed by atoms with Crippen molar-refractivity contribution in [2.24, 2.45) is 5.41 Å². The highest BCUT2D eigenvalue weighted by molar-refractivity contribution is 6.30. The lowest BCUT2D eigenvalue weighted by Crippen LogP contribution is -2.46. The van der Waals surface area contributed by atoms with E-state index < -0.39 is 6.23 Å². The summed E-state index contributed by atoms with van der Waals surface area (Å²) in [6.07, 6.45) is 9.51. The van der Waals surface area contributed by atoms with Crippen molar-refractivity contribution in [2.75, 3.05) is 0 Å². The number of nitrogens with one attached hydrogen (secondary N) is 1. The predicted octanol–water partition coefficient (Wildman–Crippen LogP) is 4.30. The van der Waals surface area contributed by atoms with Crippen molar-refractivity contribution in [1.82, 2.24) is 40.3 Å². The molecule has 2 heterocycles. The molecule has 176 valence electrons. The van der Waals surface area contributed by atoms with Crippen LogP contribution in [0, 0.1) is 5.41 Å². The van der Waals surface area contributed by atoms with Gasteiger partial charge in [0.05, 0.1) is 5.54 Å². The molecule has 0 radical (unpaired) electrons. The van der Waals surface area contributed by atoms with Gasteiger partial charge in [0.1, 0.15) is 24.4 Å². The second kappa shape index (κ2) is 8.68. The Morgan fingerprint density at radius 2 is 1.88 bits per heavy atom. The fourth-order valence-electron chi connectivity index (χ4n) is 4.91. The summed E-state index contributed by atoms with van der Waals surface area (Å²) in [5.41, 5.74) is -0.464. The van der Waals surface area contributed by atoms with Gasteiger partial charge in [0, 0.05) is 11.1 Å². The second-order valence-corrected chi connectivity index (χ2v) is 10.7. The molecule has 2 fully saturated rings. The monoisotopic (exact) mass is 470 g/mol. The minimum atomic E-state index is -0.518. The number of tetrazole rings is 1. The van der Waals surface area contributed by atoms with Crippen LogP contribution in [0.1, 0.15) is 77.4 Å². The molecular weight excluding hydrogens is 440 g/mol. The number of benzene rings is 1. The number of nitrogens with zero attached hydrogens (tertiary/aromatic N) is 7. The van der Waals surface area contributed by atoms with Gasteiger partial charge >= 0.3 is 0 Å². The zero-order valence-electron chi connectivity index (χ0n) is 19.4. The van der Waals surface area contributed by atoms with Gasteiger partial charge in [-0.25, -0.2) is 14.3 Å². The van der Waals surface area contributed by atoms with Gasteiger partial charge in [-0.05, 0) is 65.8 Å². The standard InChI is InChI=1S/C23H31ClN8O/c1-22(2,3)19(20(31-15-25-14-26-31)33-18-10-6-16(24)7-11-18)32-21(28-29-30-32)23(12-4-5-13-23)27-17-8-9-17/h6-7,10-11,14-15,17,19-20,27H,4-5,8-9,12-13H2,1-3H3. The van der Waals surface area contributed by atoms with Crippen molar-refractivity contribution in [3.63, 3.8) is 0 Å². The lowest BCUT2D eigenvalue weighted by Gasteiger charge is -2.39. The molecule has 0 bridgehead atoms. The number of halogens is 1. The summed E-state index contributed by atoms with van der Waals surface area (Å²) in [6, 6.07) is 7.66. The third kappa shape index (κ3) is 4.61. The average Bonchev–Trinajstić information content (AvgIpc) is 3.21. The van der Waals surface area contributed by atoms with Crippen LogP contribution >= 0.6 is 11.6 Å². The van der Waals surface area contributed by atoms with Crippen LogP contribution in [-0.2, 0) is 5.54 Å². The van der Waals surface area contributed by atoms with Crippen LogP contribution in [0.25, 0.3) is 0 Å². The van der Waals surface area contributed by atoms with Crippen molar-refractivity contribution in [2.45, 2.75) is 83.1 Å². The molecule has 0 amide bonds. The van der Waals surface area contributed by atoms with Gasteiger partial charge in [-0.2, -0.15) is 5.10 Å². The average molecular weight is 471 g/mol. The third-order valence-corrected chi connectivity index (χ3v) is 6.88. The molecular formula is C23H31ClN8O. The van der Waals surface area contributed by atoms with Crippen molar-refractivity contribution >= 4 is 11.6 Å². The fraction of sp³-hybridized carbons (Fsp3) is 0.609. The molecule has 1 aromatic carbocycles. The molecule has 2 atom stereocenters. The van der Waals surface area contributed by atoms with Gasteiger partial charge in [-0.1, -0.05) is 45.2 Å². The summed E-state index contributed by atoms with van der Waals surface area (Å²) in [5, 5.41) is 22.3. The first-order chi connectivity index (χ1) is 15.9. The molecule has 3 aromatic rings. The quantitative estimate of drug-likeness (QED) is 0.524. The van der Waals surface area contributed by atoms with Crippen LogP contribution < -0.4 is 10.1 Å². The Labute approximate surface area is 198 Å². The summed E-state index contributed by atoms with van der Waals surface area (Å²) < 4.78 is 10.3. The number of rotatable bonds is 8. The maximum atomic E-state index is 6.54. The molecule has 5 rings (SSSR count). The van der Waals surface area contributed by atoms with Crippen LogP contribution in [0.3, 0.4) is 0 Å². The smallest absolute Gasteiger partial charge is 0.215 e. The van der Waals surface area contributed by atoms with E-state index in [0.29, 0.717) is 16.8 Å². The molecule has 2 aromatic heterocycles. The van der Waals surface area contributed by atoms with Crippen molar-refractivity contribution in [1.29, 1.82) is 0 Å². The normalized spacial score (nSPS) is 20.0. The fourth-order valence-corrected chi connectivity index (χ4v) is 5.03. The van der Waals surface area contributed by atoms with E-state index in [9.17, 15) is 0 Å². The van der Waals surface area contributed by atoms with Gasteiger partial charge in [0.2, 0.25) is 6.23 Å². The van der Waals surface area contributed by atoms with Gasteiger partial charge in [0.15, 0.2) is 5.82 Å². The third-order valence-electron chi connectivity index (χ3n) is 6.62. The van der Waals surface area contributed by atoms with E-state index in [1.165, 1.54) is 32.0 Å². The molecule has 9 nitrogen and oxygen atoms in total. The Hall–Kier alpha value is -2.52.